The maximum Gasteiger partial charge on any atom is 0.352 e. The molecule has 4 heterocycles. The van der Waals surface area contributed by atoms with Gasteiger partial charge in [-0.3, -0.25) is 18.7 Å². The van der Waals surface area contributed by atoms with Crippen LogP contribution in [0.1, 0.15) is 19.5 Å². The van der Waals surface area contributed by atoms with Crippen molar-refractivity contribution in [3.05, 3.63) is 46.9 Å². The molecule has 0 aromatic carbocycles. The summed E-state index contributed by atoms with van der Waals surface area (Å²) in [5, 5.41) is 25.7. The number of carboxylic acid groups (broad SMARTS) is 2. The zero-order chi connectivity index (χ0) is 29.4. The minimum absolute atomic E-state index is 0.0329. The maximum atomic E-state index is 13.2. The van der Waals surface area contributed by atoms with Gasteiger partial charge in [0.25, 0.3) is 11.8 Å². The number of thioether (sulfide) groups is 1. The molecule has 2 aliphatic rings. The van der Waals surface area contributed by atoms with Gasteiger partial charge in [-0.25, -0.2) is 19.1 Å². The van der Waals surface area contributed by atoms with Gasteiger partial charge in [-0.15, -0.1) is 23.1 Å². The topological polar surface area (TPSA) is 205 Å². The van der Waals surface area contributed by atoms with E-state index in [1.165, 1.54) is 31.0 Å². The molecule has 17 heteroatoms. The molecule has 1 saturated heterocycles. The first-order valence-electron chi connectivity index (χ1n) is 11.6. The Kier molecular flexibility index (Phi) is 8.27. The molecule has 0 bridgehead atoms. The molecule has 0 saturated carbocycles. The number of nitrogens with two attached hydrogens (primary N) is 1. The highest BCUT2D eigenvalue weighted by molar-refractivity contribution is 7.99. The van der Waals surface area contributed by atoms with Crippen LogP contribution in [0.15, 0.2) is 51.2 Å². The predicted octanol–water partition coefficient (Wildman–Crippen LogP) is -0.320. The second-order valence-corrected chi connectivity index (χ2v) is 12.7. The van der Waals surface area contributed by atoms with Crippen molar-refractivity contribution in [1.29, 1.82) is 0 Å². The number of rotatable bonds is 10. The van der Waals surface area contributed by atoms with Crippen molar-refractivity contribution in [2.45, 2.75) is 35.8 Å². The van der Waals surface area contributed by atoms with Crippen molar-refractivity contribution in [3.63, 3.8) is 0 Å². The number of hydrogen-bond donors (Lipinski definition) is 4. The molecule has 2 aliphatic heterocycles. The number of nitrogens with zero attached hydrogens (tertiary/aromatic N) is 4. The summed E-state index contributed by atoms with van der Waals surface area (Å²) in [6.45, 7) is 2.44. The Balaban J connectivity index is 1.56. The SMILES string of the molecule is C[n+]1ccc(SCC2=C(C(=O)O)N3C(=O)[C@@H](NC(=O)/C(=N/OC(C)(C)C(=O)O)c4csc(N)n4)[C@@H]3S(=O)C2)cc1. The highest BCUT2D eigenvalue weighted by Crippen LogP contribution is 2.36. The number of thiazole rings is 1. The number of β-lactam (4-membered cyclic amide) rings is 1. The summed E-state index contributed by atoms with van der Waals surface area (Å²) in [5.41, 5.74) is 3.44. The number of amides is 2. The lowest BCUT2D eigenvalue weighted by atomic mass is 10.0. The standard InChI is InChI=1S/C23H24N6O8S3/c1-23(2,21(34)35)37-27-14(13-9-39-22(24)25-13)17(30)26-15-18(31)29-16(20(32)33)11(10-40(36)19(15)29)8-38-12-4-6-28(3)7-5-12/h4-7,9,15,19H,8,10H2,1-3H3,(H4-,24,25,26,30,32,33,34,35)/p+1/b27-14+/t15-,19+,40?/m1/s1. The molecule has 2 amide bonds. The third-order valence-corrected chi connectivity index (χ3v) is 9.34. The molecule has 1 unspecified atom stereocenters. The summed E-state index contributed by atoms with van der Waals surface area (Å²) in [6, 6.07) is 2.38. The first-order chi connectivity index (χ1) is 18.8. The molecular formula is C23H25N6O8S3+. The van der Waals surface area contributed by atoms with Crippen LogP contribution in [0.3, 0.4) is 0 Å². The highest BCUT2D eigenvalue weighted by Gasteiger charge is 2.57. The first-order valence-corrected chi connectivity index (χ1v) is 14.8. The van der Waals surface area contributed by atoms with Crippen LogP contribution in [-0.4, -0.2) is 82.3 Å². The van der Waals surface area contributed by atoms with Gasteiger partial charge >= 0.3 is 11.9 Å². The van der Waals surface area contributed by atoms with Gasteiger partial charge in [-0.05, 0) is 19.4 Å². The van der Waals surface area contributed by atoms with E-state index >= 15 is 0 Å². The van der Waals surface area contributed by atoms with E-state index < -0.39 is 57.3 Å². The van der Waals surface area contributed by atoms with Crippen molar-refractivity contribution < 1.29 is 43.0 Å². The van der Waals surface area contributed by atoms with Crippen LogP contribution < -0.4 is 15.6 Å². The Labute approximate surface area is 238 Å². The van der Waals surface area contributed by atoms with Crippen LogP contribution in [0.5, 0.6) is 0 Å². The third kappa shape index (κ3) is 5.85. The number of fused-ring (bicyclic) bond motifs is 1. The van der Waals surface area contributed by atoms with Gasteiger partial charge < -0.3 is 26.1 Å². The number of aromatic nitrogens is 2. The van der Waals surface area contributed by atoms with Crippen molar-refractivity contribution in [1.82, 2.24) is 15.2 Å². The largest absolute Gasteiger partial charge is 0.478 e. The van der Waals surface area contributed by atoms with Crippen LogP contribution in [0, 0.1) is 0 Å². The molecule has 40 heavy (non-hydrogen) atoms. The van der Waals surface area contributed by atoms with Crippen LogP contribution in [-0.2, 0) is 41.9 Å². The molecule has 14 nitrogen and oxygen atoms in total. The van der Waals surface area contributed by atoms with Crippen LogP contribution in [0.2, 0.25) is 0 Å². The number of carboxylic acids is 2. The average Bonchev–Trinajstić information content (AvgIpc) is 3.31. The van der Waals surface area contributed by atoms with E-state index in [1.54, 1.807) is 0 Å². The third-order valence-electron chi connectivity index (χ3n) is 5.91. The smallest absolute Gasteiger partial charge is 0.352 e. The Bertz CT molecular complexity index is 1470. The summed E-state index contributed by atoms with van der Waals surface area (Å²) in [5.74, 6) is -4.33. The van der Waals surface area contributed by atoms with E-state index in [0.717, 1.165) is 21.1 Å². The fraction of sp³-hybridized carbons (Fsp3) is 0.348. The van der Waals surface area contributed by atoms with Crippen molar-refractivity contribution in [2.24, 2.45) is 12.2 Å². The van der Waals surface area contributed by atoms with Gasteiger partial charge in [0, 0.05) is 28.2 Å². The van der Waals surface area contributed by atoms with Crippen LogP contribution >= 0.6 is 23.1 Å². The Morgan fingerprint density at radius 3 is 2.60 bits per heavy atom. The molecule has 212 valence electrons. The second-order valence-electron chi connectivity index (χ2n) is 9.24. The van der Waals surface area contributed by atoms with E-state index in [0.29, 0.717) is 5.57 Å². The van der Waals surface area contributed by atoms with Gasteiger partial charge in [0.1, 0.15) is 29.9 Å². The molecule has 2 aromatic heterocycles. The molecule has 1 fully saturated rings. The summed E-state index contributed by atoms with van der Waals surface area (Å²) in [6.07, 6.45) is 3.67. The lowest BCUT2D eigenvalue weighted by Gasteiger charge is -2.49. The van der Waals surface area contributed by atoms with Crippen molar-refractivity contribution in [2.75, 3.05) is 17.2 Å². The Morgan fingerprint density at radius 2 is 2.02 bits per heavy atom. The number of nitrogen functional groups attached to an aromatic ring is 1. The summed E-state index contributed by atoms with van der Waals surface area (Å²) in [7, 11) is 0.128. The molecular weight excluding hydrogens is 584 g/mol. The van der Waals surface area contributed by atoms with Crippen LogP contribution in [0.4, 0.5) is 5.13 Å². The fourth-order valence-corrected chi connectivity index (χ4v) is 6.98. The number of nitrogens with one attached hydrogen (secondary N) is 1. The molecule has 0 spiro atoms. The number of anilines is 1. The Hall–Kier alpha value is -3.83. The zero-order valence-corrected chi connectivity index (χ0v) is 23.8. The molecule has 3 atom stereocenters. The zero-order valence-electron chi connectivity index (χ0n) is 21.4. The van der Waals surface area contributed by atoms with E-state index in [4.69, 9.17) is 10.6 Å². The van der Waals surface area contributed by atoms with E-state index in [-0.39, 0.29) is 28.0 Å². The van der Waals surface area contributed by atoms with Crippen molar-refractivity contribution in [3.8, 4) is 0 Å². The molecule has 0 aliphatic carbocycles. The minimum Gasteiger partial charge on any atom is -0.478 e. The normalized spacial score (nSPS) is 21.0. The quantitative estimate of drug-likeness (QED) is 0.0903. The van der Waals surface area contributed by atoms with Gasteiger partial charge in [0.05, 0.1) is 16.6 Å². The fourth-order valence-electron chi connectivity index (χ4n) is 3.73. The van der Waals surface area contributed by atoms with Gasteiger partial charge in [0.2, 0.25) is 5.60 Å². The van der Waals surface area contributed by atoms with E-state index in [9.17, 15) is 33.6 Å². The highest BCUT2D eigenvalue weighted by atomic mass is 32.2. The number of carbonyl (C=O) groups excluding carboxylic acids is 2. The van der Waals surface area contributed by atoms with Crippen molar-refractivity contribution >= 4 is 68.5 Å². The lowest BCUT2D eigenvalue weighted by Crippen LogP contribution is -2.74. The van der Waals surface area contributed by atoms with Crippen LogP contribution in [0.25, 0.3) is 0 Å². The number of hydrogen-bond acceptors (Lipinski definition) is 11. The summed E-state index contributed by atoms with van der Waals surface area (Å²) in [4.78, 5) is 60.7. The van der Waals surface area contributed by atoms with Gasteiger partial charge in [-0.1, -0.05) is 5.16 Å². The second kappa shape index (κ2) is 11.3. The molecule has 2 aromatic rings. The minimum atomic E-state index is -1.80. The number of aryl methyl sites for hydroxylation is 1. The Morgan fingerprint density at radius 1 is 1.35 bits per heavy atom. The average molecular weight is 610 g/mol. The maximum absolute atomic E-state index is 13.2. The monoisotopic (exact) mass is 609 g/mol. The van der Waals surface area contributed by atoms with Gasteiger partial charge in [-0.2, -0.15) is 0 Å². The first kappa shape index (κ1) is 29.2. The van der Waals surface area contributed by atoms with E-state index in [2.05, 4.69) is 15.5 Å². The number of aliphatic carboxylic acids is 2. The molecule has 4 rings (SSSR count). The van der Waals surface area contributed by atoms with Gasteiger partial charge in [0.15, 0.2) is 23.2 Å². The number of carbonyl (C=O) groups is 4. The number of oxime groups is 1. The lowest BCUT2D eigenvalue weighted by molar-refractivity contribution is -0.671. The summed E-state index contributed by atoms with van der Waals surface area (Å²) >= 11 is 2.34. The molecule has 0 radical (unpaired) electrons. The van der Waals surface area contributed by atoms with E-state index in [1.807, 2.05) is 36.1 Å². The number of pyridine rings is 1. The molecule has 5 N–H and O–H groups in total. The summed E-state index contributed by atoms with van der Waals surface area (Å²) < 4.78 is 15.0. The predicted molar refractivity (Wildman–Crippen MR) is 144 cm³/mol.